The van der Waals surface area contributed by atoms with Crippen molar-refractivity contribution in [3.63, 3.8) is 0 Å². The van der Waals surface area contributed by atoms with Crippen molar-refractivity contribution in [3.05, 3.63) is 60.1 Å². The molecule has 1 aromatic carbocycles. The third-order valence-electron chi connectivity index (χ3n) is 6.64. The van der Waals surface area contributed by atoms with E-state index in [1.54, 1.807) is 6.07 Å². The summed E-state index contributed by atoms with van der Waals surface area (Å²) in [4.78, 5) is 29.2. The molecule has 0 aliphatic carbocycles. The standard InChI is InChI=1S/C27H34N6O3S/c1-31-11-13-33(14-12-31)25-19-23(21-5-3-2-4-6-21)29-27(30-25)37-20-22-7-8-24(36-22)26(34)28-9-10-32-15-17-35-18-16-32/h2-8,19H,9-18,20H2,1H3,(H,28,34). The van der Waals surface area contributed by atoms with Gasteiger partial charge in [-0.25, -0.2) is 9.97 Å². The first-order valence-electron chi connectivity index (χ1n) is 12.8. The summed E-state index contributed by atoms with van der Waals surface area (Å²) >= 11 is 1.52. The number of carbonyl (C=O) groups excluding carboxylic acids is 1. The van der Waals surface area contributed by atoms with Crippen LogP contribution in [0.3, 0.4) is 0 Å². The number of morpholine rings is 1. The number of ether oxygens (including phenoxy) is 1. The largest absolute Gasteiger partial charge is 0.455 e. The number of rotatable bonds is 9. The summed E-state index contributed by atoms with van der Waals surface area (Å²) < 4.78 is 11.2. The average molecular weight is 523 g/mol. The van der Waals surface area contributed by atoms with Gasteiger partial charge in [0, 0.05) is 64.0 Å². The maximum Gasteiger partial charge on any atom is 0.287 e. The van der Waals surface area contributed by atoms with Crippen LogP contribution < -0.4 is 10.2 Å². The van der Waals surface area contributed by atoms with E-state index in [0.717, 1.165) is 81.9 Å². The molecule has 0 saturated carbocycles. The molecule has 2 aliphatic rings. The van der Waals surface area contributed by atoms with Crippen molar-refractivity contribution < 1.29 is 13.9 Å². The van der Waals surface area contributed by atoms with Gasteiger partial charge >= 0.3 is 0 Å². The number of nitrogens with one attached hydrogen (secondary N) is 1. The molecule has 196 valence electrons. The lowest BCUT2D eigenvalue weighted by molar-refractivity contribution is 0.0382. The van der Waals surface area contributed by atoms with Crippen LogP contribution in [0.2, 0.25) is 0 Å². The van der Waals surface area contributed by atoms with Gasteiger partial charge in [-0.1, -0.05) is 42.1 Å². The molecule has 10 heteroatoms. The molecule has 0 bridgehead atoms. The molecule has 2 aromatic heterocycles. The van der Waals surface area contributed by atoms with Gasteiger partial charge < -0.3 is 24.3 Å². The number of thioether (sulfide) groups is 1. The van der Waals surface area contributed by atoms with Gasteiger partial charge in [-0.3, -0.25) is 9.69 Å². The maximum atomic E-state index is 12.5. The lowest BCUT2D eigenvalue weighted by atomic mass is 10.1. The van der Waals surface area contributed by atoms with Crippen LogP contribution in [0.25, 0.3) is 11.3 Å². The molecule has 4 heterocycles. The monoisotopic (exact) mass is 522 g/mol. The minimum Gasteiger partial charge on any atom is -0.455 e. The predicted octanol–water partition coefficient (Wildman–Crippen LogP) is 2.84. The molecular weight excluding hydrogens is 488 g/mol. The zero-order chi connectivity index (χ0) is 25.5. The molecule has 37 heavy (non-hydrogen) atoms. The van der Waals surface area contributed by atoms with Crippen LogP contribution in [0.4, 0.5) is 5.82 Å². The first-order chi connectivity index (χ1) is 18.1. The second-order valence-corrected chi connectivity index (χ2v) is 10.3. The molecule has 9 nitrogen and oxygen atoms in total. The number of hydrogen-bond donors (Lipinski definition) is 1. The van der Waals surface area contributed by atoms with E-state index in [1.165, 1.54) is 11.8 Å². The molecule has 0 unspecified atom stereocenters. The van der Waals surface area contributed by atoms with Gasteiger partial charge in [0.1, 0.15) is 11.6 Å². The molecule has 2 fully saturated rings. The number of furan rings is 1. The van der Waals surface area contributed by atoms with Crippen LogP contribution in [0.1, 0.15) is 16.3 Å². The van der Waals surface area contributed by atoms with Gasteiger partial charge in [0.2, 0.25) is 0 Å². The van der Waals surface area contributed by atoms with E-state index in [4.69, 9.17) is 19.1 Å². The number of amides is 1. The third-order valence-corrected chi connectivity index (χ3v) is 7.50. The second kappa shape index (κ2) is 12.6. The zero-order valence-electron chi connectivity index (χ0n) is 21.3. The summed E-state index contributed by atoms with van der Waals surface area (Å²) in [7, 11) is 2.15. The number of hydrogen-bond acceptors (Lipinski definition) is 9. The minimum absolute atomic E-state index is 0.191. The molecule has 0 spiro atoms. The number of anilines is 1. The van der Waals surface area contributed by atoms with E-state index in [-0.39, 0.29) is 5.91 Å². The summed E-state index contributed by atoms with van der Waals surface area (Å²) in [5, 5.41) is 3.65. The van der Waals surface area contributed by atoms with Crippen molar-refractivity contribution in [2.45, 2.75) is 10.9 Å². The molecule has 5 rings (SSSR count). The number of likely N-dealkylation sites (N-methyl/N-ethyl adjacent to an activating group) is 1. The normalized spacial score (nSPS) is 17.2. The second-order valence-electron chi connectivity index (χ2n) is 9.31. The van der Waals surface area contributed by atoms with E-state index >= 15 is 0 Å². The quantitative estimate of drug-likeness (QED) is 0.337. The Balaban J connectivity index is 1.22. The van der Waals surface area contributed by atoms with Crippen molar-refractivity contribution in [3.8, 4) is 11.3 Å². The van der Waals surface area contributed by atoms with Crippen molar-refractivity contribution in [2.75, 3.05) is 77.5 Å². The zero-order valence-corrected chi connectivity index (χ0v) is 22.1. The van der Waals surface area contributed by atoms with Gasteiger partial charge in [-0.15, -0.1) is 0 Å². The highest BCUT2D eigenvalue weighted by Gasteiger charge is 2.19. The van der Waals surface area contributed by atoms with Crippen molar-refractivity contribution in [1.82, 2.24) is 25.1 Å². The molecule has 0 atom stereocenters. The molecule has 1 amide bonds. The van der Waals surface area contributed by atoms with Crippen molar-refractivity contribution in [1.29, 1.82) is 0 Å². The van der Waals surface area contributed by atoms with Crippen LogP contribution in [-0.2, 0) is 10.5 Å². The van der Waals surface area contributed by atoms with Crippen molar-refractivity contribution >= 4 is 23.5 Å². The van der Waals surface area contributed by atoms with Crippen LogP contribution in [0.5, 0.6) is 0 Å². The van der Waals surface area contributed by atoms with Crippen LogP contribution in [-0.4, -0.2) is 98.3 Å². The molecule has 0 radical (unpaired) electrons. The number of carbonyl (C=O) groups is 1. The van der Waals surface area contributed by atoms with E-state index in [2.05, 4.69) is 45.3 Å². The number of piperazine rings is 1. The highest BCUT2D eigenvalue weighted by Crippen LogP contribution is 2.28. The summed E-state index contributed by atoms with van der Waals surface area (Å²) in [6.45, 7) is 8.60. The van der Waals surface area contributed by atoms with Gasteiger partial charge in [0.25, 0.3) is 5.91 Å². The average Bonchev–Trinajstić information content (AvgIpc) is 3.43. The smallest absolute Gasteiger partial charge is 0.287 e. The van der Waals surface area contributed by atoms with E-state index < -0.39 is 0 Å². The van der Waals surface area contributed by atoms with E-state index in [1.807, 2.05) is 24.3 Å². The van der Waals surface area contributed by atoms with Crippen LogP contribution in [0.15, 0.2) is 58.1 Å². The number of aromatic nitrogens is 2. The van der Waals surface area contributed by atoms with E-state index in [0.29, 0.717) is 23.2 Å². The summed E-state index contributed by atoms with van der Waals surface area (Å²) in [5.41, 5.74) is 1.97. The Kier molecular flexibility index (Phi) is 8.72. The Morgan fingerprint density at radius 3 is 2.57 bits per heavy atom. The van der Waals surface area contributed by atoms with Crippen molar-refractivity contribution in [2.24, 2.45) is 0 Å². The summed E-state index contributed by atoms with van der Waals surface area (Å²) in [5.74, 6) is 2.35. The predicted molar refractivity (Wildman–Crippen MR) is 145 cm³/mol. The Hall–Kier alpha value is -2.92. The fourth-order valence-electron chi connectivity index (χ4n) is 4.38. The molecule has 3 aromatic rings. The Bertz CT molecular complexity index is 1160. The lowest BCUT2D eigenvalue weighted by Gasteiger charge is -2.33. The van der Waals surface area contributed by atoms with Gasteiger partial charge in [0.05, 0.1) is 24.7 Å². The first kappa shape index (κ1) is 25.7. The first-order valence-corrected chi connectivity index (χ1v) is 13.8. The number of benzene rings is 1. The summed E-state index contributed by atoms with van der Waals surface area (Å²) in [6, 6.07) is 15.9. The molecular formula is C27H34N6O3S. The van der Waals surface area contributed by atoms with Gasteiger partial charge in [-0.05, 0) is 19.2 Å². The number of nitrogens with zero attached hydrogens (tertiary/aromatic N) is 5. The highest BCUT2D eigenvalue weighted by atomic mass is 32.2. The van der Waals surface area contributed by atoms with Gasteiger partial charge in [0.15, 0.2) is 10.9 Å². The lowest BCUT2D eigenvalue weighted by Crippen LogP contribution is -2.44. The summed E-state index contributed by atoms with van der Waals surface area (Å²) in [6.07, 6.45) is 0. The fraction of sp³-hybridized carbons (Fsp3) is 0.444. The Labute approximate surface area is 222 Å². The highest BCUT2D eigenvalue weighted by molar-refractivity contribution is 7.98. The topological polar surface area (TPSA) is 87.0 Å². The Morgan fingerprint density at radius 2 is 1.78 bits per heavy atom. The third kappa shape index (κ3) is 7.10. The van der Waals surface area contributed by atoms with Gasteiger partial charge in [-0.2, -0.15) is 0 Å². The Morgan fingerprint density at radius 1 is 1.00 bits per heavy atom. The molecule has 2 aliphatic heterocycles. The molecule has 1 N–H and O–H groups in total. The SMILES string of the molecule is CN1CCN(c2cc(-c3ccccc3)nc(SCc3ccc(C(=O)NCCN4CCOCC4)o3)n2)CC1. The van der Waals surface area contributed by atoms with Crippen LogP contribution >= 0.6 is 11.8 Å². The minimum atomic E-state index is -0.191. The fourth-order valence-corrected chi connectivity index (χ4v) is 5.13. The molecule has 2 saturated heterocycles. The van der Waals surface area contributed by atoms with E-state index in [9.17, 15) is 4.79 Å². The van der Waals surface area contributed by atoms with Crippen LogP contribution in [0, 0.1) is 0 Å². The maximum absolute atomic E-state index is 12.5.